The van der Waals surface area contributed by atoms with Crippen LogP contribution in [-0.2, 0) is 4.79 Å². The Kier molecular flexibility index (Phi) is 5.23. The van der Waals surface area contributed by atoms with E-state index in [1.165, 1.54) is 11.8 Å². The van der Waals surface area contributed by atoms with Gasteiger partial charge in [-0.15, -0.1) is 16.4 Å². The van der Waals surface area contributed by atoms with Crippen LogP contribution in [0.3, 0.4) is 0 Å². The highest BCUT2D eigenvalue weighted by Crippen LogP contribution is 2.26. The first kappa shape index (κ1) is 17.0. The summed E-state index contributed by atoms with van der Waals surface area (Å²) in [5, 5.41) is 12.7. The number of hydrogen-bond donors (Lipinski definition) is 2. The second-order valence-electron chi connectivity index (χ2n) is 5.15. The van der Waals surface area contributed by atoms with Crippen LogP contribution in [-0.4, -0.2) is 26.3 Å². The van der Waals surface area contributed by atoms with E-state index in [1.54, 1.807) is 23.5 Å². The van der Waals surface area contributed by atoms with Crippen molar-refractivity contribution < 1.29 is 4.79 Å². The molecule has 1 aromatic carbocycles. The minimum Gasteiger partial charge on any atom is -0.325 e. The smallest absolute Gasteiger partial charge is 0.237 e. The lowest BCUT2D eigenvalue weighted by Gasteiger charge is -2.12. The quantitative estimate of drug-likeness (QED) is 0.636. The predicted molar refractivity (Wildman–Crippen MR) is 99.8 cm³/mol. The van der Waals surface area contributed by atoms with E-state index in [0.717, 1.165) is 10.4 Å². The normalized spacial score (nSPS) is 12.1. The highest BCUT2D eigenvalue weighted by Gasteiger charge is 2.18. The number of aromatic amines is 1. The highest BCUT2D eigenvalue weighted by molar-refractivity contribution is 8.00. The van der Waals surface area contributed by atoms with Gasteiger partial charge in [-0.25, -0.2) is 4.98 Å². The van der Waals surface area contributed by atoms with E-state index < -0.39 is 0 Å². The number of hydrogen-bond acceptors (Lipinski definition) is 5. The highest BCUT2D eigenvalue weighted by atomic mass is 35.5. The van der Waals surface area contributed by atoms with Crippen LogP contribution < -0.4 is 5.32 Å². The minimum atomic E-state index is -0.338. The molecule has 2 aromatic heterocycles. The summed E-state index contributed by atoms with van der Waals surface area (Å²) < 4.78 is 0. The van der Waals surface area contributed by atoms with Crippen molar-refractivity contribution in [2.24, 2.45) is 0 Å². The fourth-order valence-corrected chi connectivity index (χ4v) is 3.56. The number of aromatic nitrogens is 3. The Bertz CT molecular complexity index is 848. The van der Waals surface area contributed by atoms with Crippen molar-refractivity contribution in [1.82, 2.24) is 15.2 Å². The first-order valence-corrected chi connectivity index (χ1v) is 9.36. The van der Waals surface area contributed by atoms with E-state index >= 15 is 0 Å². The Hall–Kier alpha value is -1.83. The number of H-pyrrole nitrogens is 1. The first-order valence-electron chi connectivity index (χ1n) is 7.23. The van der Waals surface area contributed by atoms with Gasteiger partial charge < -0.3 is 5.32 Å². The van der Waals surface area contributed by atoms with Crippen molar-refractivity contribution in [3.8, 4) is 10.7 Å². The molecule has 2 heterocycles. The minimum absolute atomic E-state index is 0.118. The zero-order valence-corrected chi connectivity index (χ0v) is 15.4. The maximum atomic E-state index is 12.4. The molecule has 0 spiro atoms. The molecular weight excluding hydrogens is 364 g/mol. The number of nitrogens with zero attached hydrogens (tertiary/aromatic N) is 2. The topological polar surface area (TPSA) is 70.7 Å². The molecule has 0 saturated carbocycles. The molecule has 5 nitrogen and oxygen atoms in total. The van der Waals surface area contributed by atoms with Gasteiger partial charge in [-0.2, -0.15) is 0 Å². The number of anilines is 1. The summed E-state index contributed by atoms with van der Waals surface area (Å²) in [6.07, 6.45) is 0. The molecular formula is C16H15ClN4OS2. The third-order valence-electron chi connectivity index (χ3n) is 3.33. The lowest BCUT2D eigenvalue weighted by molar-refractivity contribution is -0.115. The Morgan fingerprint density at radius 1 is 1.42 bits per heavy atom. The molecule has 8 heteroatoms. The number of nitrogens with one attached hydrogen (secondary N) is 2. The van der Waals surface area contributed by atoms with Gasteiger partial charge in [0.25, 0.3) is 0 Å². The maximum absolute atomic E-state index is 12.4. The second-order valence-corrected chi connectivity index (χ2v) is 7.84. The molecule has 0 fully saturated rings. The average molecular weight is 379 g/mol. The summed E-state index contributed by atoms with van der Waals surface area (Å²) in [7, 11) is 0. The van der Waals surface area contributed by atoms with Crippen molar-refractivity contribution in [1.29, 1.82) is 0 Å². The molecule has 0 aliphatic heterocycles. The number of carbonyl (C=O) groups is 1. The first-order chi connectivity index (χ1) is 11.5. The van der Waals surface area contributed by atoms with E-state index in [9.17, 15) is 4.79 Å². The van der Waals surface area contributed by atoms with Crippen LogP contribution >= 0.6 is 34.7 Å². The molecule has 24 heavy (non-hydrogen) atoms. The molecule has 124 valence electrons. The summed E-state index contributed by atoms with van der Waals surface area (Å²) in [4.78, 5) is 17.8. The van der Waals surface area contributed by atoms with Crippen LogP contribution in [0.5, 0.6) is 0 Å². The Morgan fingerprint density at radius 3 is 3.00 bits per heavy atom. The van der Waals surface area contributed by atoms with Crippen LogP contribution in [0.25, 0.3) is 10.7 Å². The third kappa shape index (κ3) is 3.98. The summed E-state index contributed by atoms with van der Waals surface area (Å²) in [5.74, 6) is 0.596. The molecule has 1 atom stereocenters. The van der Waals surface area contributed by atoms with E-state index in [-0.39, 0.29) is 11.2 Å². The number of thioether (sulfide) groups is 1. The van der Waals surface area contributed by atoms with Gasteiger partial charge in [-0.05, 0) is 43.0 Å². The maximum Gasteiger partial charge on any atom is 0.237 e. The number of aryl methyl sites for hydroxylation is 1. The summed E-state index contributed by atoms with van der Waals surface area (Å²) in [5.41, 5.74) is 1.68. The van der Waals surface area contributed by atoms with Gasteiger partial charge >= 0.3 is 0 Å². The SMILES string of the molecule is Cc1ccc(Cl)cc1NC(=O)[C@@H](C)Sc1n[nH]c(-c2cccs2)n1. The zero-order valence-electron chi connectivity index (χ0n) is 13.0. The van der Waals surface area contributed by atoms with Crippen LogP contribution in [0.1, 0.15) is 12.5 Å². The number of thiophene rings is 1. The molecule has 0 aliphatic rings. The fraction of sp³-hybridized carbons (Fsp3) is 0.188. The second kappa shape index (κ2) is 7.38. The van der Waals surface area contributed by atoms with Crippen LogP contribution in [0, 0.1) is 6.92 Å². The lowest BCUT2D eigenvalue weighted by atomic mass is 10.2. The zero-order chi connectivity index (χ0) is 17.1. The predicted octanol–water partition coefficient (Wildman–Crippen LogP) is 4.61. The molecule has 2 N–H and O–H groups in total. The Morgan fingerprint density at radius 2 is 2.25 bits per heavy atom. The molecule has 0 radical (unpaired) electrons. The van der Waals surface area contributed by atoms with E-state index in [2.05, 4.69) is 20.5 Å². The molecule has 0 aliphatic carbocycles. The van der Waals surface area contributed by atoms with Crippen molar-refractivity contribution in [3.63, 3.8) is 0 Å². The summed E-state index contributed by atoms with van der Waals surface area (Å²) >= 11 is 8.87. The summed E-state index contributed by atoms with van der Waals surface area (Å²) in [6.45, 7) is 3.74. The van der Waals surface area contributed by atoms with Crippen LogP contribution in [0.4, 0.5) is 5.69 Å². The van der Waals surface area contributed by atoms with Crippen molar-refractivity contribution in [2.45, 2.75) is 24.3 Å². The van der Waals surface area contributed by atoms with Crippen molar-refractivity contribution >= 4 is 46.3 Å². The standard InChI is InChI=1S/C16H15ClN4OS2/c1-9-5-6-11(17)8-12(9)18-15(22)10(2)24-16-19-14(20-21-16)13-4-3-7-23-13/h3-8,10H,1-2H3,(H,18,22)(H,19,20,21)/t10-/m1/s1. The van der Waals surface area contributed by atoms with E-state index in [1.807, 2.05) is 37.4 Å². The van der Waals surface area contributed by atoms with Crippen molar-refractivity contribution in [2.75, 3.05) is 5.32 Å². The largest absolute Gasteiger partial charge is 0.325 e. The number of amides is 1. The molecule has 0 bridgehead atoms. The Balaban J connectivity index is 1.65. The summed E-state index contributed by atoms with van der Waals surface area (Å²) in [6, 6.07) is 9.34. The van der Waals surface area contributed by atoms with Gasteiger partial charge in [0.15, 0.2) is 5.82 Å². The van der Waals surface area contributed by atoms with Gasteiger partial charge in [0.05, 0.1) is 10.1 Å². The number of benzene rings is 1. The molecule has 3 aromatic rings. The fourth-order valence-electron chi connectivity index (χ4n) is 2.00. The molecule has 0 unspecified atom stereocenters. The Labute approximate surface area is 152 Å². The van der Waals surface area contributed by atoms with Gasteiger partial charge in [0.2, 0.25) is 11.1 Å². The van der Waals surface area contributed by atoms with Crippen molar-refractivity contribution in [3.05, 3.63) is 46.3 Å². The van der Waals surface area contributed by atoms with Crippen LogP contribution in [0.15, 0.2) is 40.9 Å². The average Bonchev–Trinajstić information content (AvgIpc) is 3.21. The third-order valence-corrected chi connectivity index (χ3v) is 5.40. The molecule has 1 amide bonds. The van der Waals surface area contributed by atoms with Gasteiger partial charge in [-0.3, -0.25) is 9.89 Å². The van der Waals surface area contributed by atoms with Crippen LogP contribution in [0.2, 0.25) is 5.02 Å². The number of rotatable bonds is 5. The van der Waals surface area contributed by atoms with Gasteiger partial charge in [0, 0.05) is 10.7 Å². The molecule has 0 saturated heterocycles. The number of carbonyl (C=O) groups excluding carboxylic acids is 1. The van der Waals surface area contributed by atoms with Gasteiger partial charge in [-0.1, -0.05) is 35.5 Å². The van der Waals surface area contributed by atoms with E-state index in [0.29, 0.717) is 21.7 Å². The molecule has 3 rings (SSSR count). The monoisotopic (exact) mass is 378 g/mol. The number of halogens is 1. The van der Waals surface area contributed by atoms with E-state index in [4.69, 9.17) is 11.6 Å². The van der Waals surface area contributed by atoms with Gasteiger partial charge in [0.1, 0.15) is 0 Å². The lowest BCUT2D eigenvalue weighted by Crippen LogP contribution is -2.23.